The Morgan fingerprint density at radius 2 is 1.81 bits per heavy atom. The molecular formula is C21H15F3O7. The topological polar surface area (TPSA) is 103 Å². The molecule has 0 amide bonds. The van der Waals surface area contributed by atoms with E-state index in [9.17, 15) is 32.7 Å². The second kappa shape index (κ2) is 7.09. The Morgan fingerprint density at radius 1 is 1.16 bits per heavy atom. The van der Waals surface area contributed by atoms with E-state index >= 15 is 0 Å². The largest absolute Gasteiger partial charge is 0.472 e. The lowest BCUT2D eigenvalue weighted by atomic mass is 9.69. The fraction of sp³-hybridized carbons (Fsp3) is 0.286. The number of rotatable bonds is 3. The van der Waals surface area contributed by atoms with Gasteiger partial charge in [-0.25, -0.2) is 0 Å². The summed E-state index contributed by atoms with van der Waals surface area (Å²) in [5.74, 6) is -12.5. The number of hydrogen-bond donors (Lipinski definition) is 1. The van der Waals surface area contributed by atoms with Crippen LogP contribution in [0.4, 0.5) is 13.2 Å². The van der Waals surface area contributed by atoms with Gasteiger partial charge < -0.3 is 19.0 Å². The van der Waals surface area contributed by atoms with Crippen LogP contribution < -0.4 is 0 Å². The van der Waals surface area contributed by atoms with E-state index in [0.717, 1.165) is 12.5 Å². The molecule has 1 aromatic carbocycles. The number of hydrogen-bond acceptors (Lipinski definition) is 7. The van der Waals surface area contributed by atoms with Crippen LogP contribution in [-0.4, -0.2) is 41.2 Å². The molecule has 0 bridgehead atoms. The van der Waals surface area contributed by atoms with Crippen LogP contribution in [0.15, 0.2) is 58.6 Å². The third-order valence-corrected chi connectivity index (χ3v) is 5.28. The highest BCUT2D eigenvalue weighted by molar-refractivity contribution is 6.27. The molecule has 31 heavy (non-hydrogen) atoms. The number of Topliss-reactive ketones (excluding diaryl/α,β-unsaturated/α-hetero) is 2. The van der Waals surface area contributed by atoms with Gasteiger partial charge in [0.05, 0.1) is 24.7 Å². The van der Waals surface area contributed by atoms with Crippen molar-refractivity contribution in [1.82, 2.24) is 0 Å². The maximum Gasteiger partial charge on any atom is 0.456 e. The zero-order chi connectivity index (χ0) is 22.6. The quantitative estimate of drug-likeness (QED) is 0.738. The maximum absolute atomic E-state index is 14.0. The van der Waals surface area contributed by atoms with E-state index in [1.165, 1.54) is 37.3 Å². The number of allylic oxidation sites excluding steroid dienone is 2. The highest BCUT2D eigenvalue weighted by Crippen LogP contribution is 2.54. The SMILES string of the molecule is CCOC(=O)[C@@H]1[C@@H](c2ccoc2)C2=C(O[C@@]1(O)C(F)(F)F)C(=O)c1ccccc1C2=O. The minimum absolute atomic E-state index is 0.0305. The minimum atomic E-state index is -5.51. The monoisotopic (exact) mass is 436 g/mol. The molecule has 0 radical (unpaired) electrons. The van der Waals surface area contributed by atoms with Crippen molar-refractivity contribution in [2.45, 2.75) is 24.8 Å². The van der Waals surface area contributed by atoms with Gasteiger partial charge in [-0.1, -0.05) is 24.3 Å². The Labute approximate surface area is 173 Å². The molecule has 0 saturated heterocycles. The minimum Gasteiger partial charge on any atom is -0.472 e. The Morgan fingerprint density at radius 3 is 2.35 bits per heavy atom. The zero-order valence-corrected chi connectivity index (χ0v) is 15.9. The van der Waals surface area contributed by atoms with Crippen LogP contribution >= 0.6 is 0 Å². The zero-order valence-electron chi connectivity index (χ0n) is 15.9. The van der Waals surface area contributed by atoms with Crippen molar-refractivity contribution < 1.29 is 46.6 Å². The van der Waals surface area contributed by atoms with Gasteiger partial charge in [0.25, 0.3) is 0 Å². The van der Waals surface area contributed by atoms with Gasteiger partial charge in [-0.05, 0) is 18.6 Å². The summed E-state index contributed by atoms with van der Waals surface area (Å²) in [6.45, 7) is 1.08. The average Bonchev–Trinajstić information content (AvgIpc) is 3.25. The summed E-state index contributed by atoms with van der Waals surface area (Å²) >= 11 is 0. The molecule has 3 atom stereocenters. The normalized spacial score (nSPS) is 25.6. The highest BCUT2D eigenvalue weighted by atomic mass is 19.4. The van der Waals surface area contributed by atoms with Gasteiger partial charge in [-0.15, -0.1) is 0 Å². The fourth-order valence-corrected chi connectivity index (χ4v) is 3.94. The molecule has 1 aromatic heterocycles. The van der Waals surface area contributed by atoms with E-state index in [2.05, 4.69) is 0 Å². The number of ketones is 2. The van der Waals surface area contributed by atoms with E-state index in [1.807, 2.05) is 0 Å². The summed E-state index contributed by atoms with van der Waals surface area (Å²) in [6, 6.07) is 6.77. The van der Waals surface area contributed by atoms with E-state index in [4.69, 9.17) is 13.9 Å². The van der Waals surface area contributed by atoms with Crippen molar-refractivity contribution in [2.24, 2.45) is 5.92 Å². The van der Waals surface area contributed by atoms with Gasteiger partial charge in [-0.2, -0.15) is 13.2 Å². The molecule has 162 valence electrons. The van der Waals surface area contributed by atoms with Crippen LogP contribution in [-0.2, 0) is 14.3 Å². The molecule has 2 heterocycles. The smallest absolute Gasteiger partial charge is 0.456 e. The van der Waals surface area contributed by atoms with Crippen LogP contribution in [0.5, 0.6) is 0 Å². The van der Waals surface area contributed by atoms with Crippen LogP contribution in [0.2, 0.25) is 0 Å². The number of aliphatic hydroxyl groups is 1. The molecule has 0 saturated carbocycles. The molecule has 0 unspecified atom stereocenters. The Balaban J connectivity index is 2.03. The van der Waals surface area contributed by atoms with Crippen molar-refractivity contribution in [3.05, 3.63) is 70.9 Å². The number of halogens is 3. The fourth-order valence-electron chi connectivity index (χ4n) is 3.94. The second-order valence-electron chi connectivity index (χ2n) is 7.01. The first-order valence-corrected chi connectivity index (χ1v) is 9.21. The molecule has 1 aliphatic carbocycles. The Kier molecular flexibility index (Phi) is 4.77. The molecule has 0 fully saturated rings. The van der Waals surface area contributed by atoms with Crippen LogP contribution in [0.3, 0.4) is 0 Å². The van der Waals surface area contributed by atoms with Crippen LogP contribution in [0.1, 0.15) is 39.1 Å². The van der Waals surface area contributed by atoms with E-state index in [-0.39, 0.29) is 23.3 Å². The number of esters is 1. The van der Waals surface area contributed by atoms with E-state index in [0.29, 0.717) is 0 Å². The van der Waals surface area contributed by atoms with Crippen molar-refractivity contribution in [3.63, 3.8) is 0 Å². The number of benzene rings is 1. The van der Waals surface area contributed by atoms with Gasteiger partial charge >= 0.3 is 17.9 Å². The summed E-state index contributed by atoms with van der Waals surface area (Å²) in [7, 11) is 0. The number of furan rings is 1. The van der Waals surface area contributed by atoms with E-state index in [1.54, 1.807) is 0 Å². The van der Waals surface area contributed by atoms with E-state index < -0.39 is 52.7 Å². The molecule has 0 spiro atoms. The predicted octanol–water partition coefficient (Wildman–Crippen LogP) is 3.16. The second-order valence-corrected chi connectivity index (χ2v) is 7.01. The molecule has 1 aliphatic heterocycles. The molecule has 1 N–H and O–H groups in total. The van der Waals surface area contributed by atoms with Gasteiger partial charge in [0.1, 0.15) is 5.92 Å². The van der Waals surface area contributed by atoms with Gasteiger partial charge in [0, 0.05) is 17.0 Å². The third-order valence-electron chi connectivity index (χ3n) is 5.28. The molecule has 4 rings (SSSR count). The predicted molar refractivity (Wildman–Crippen MR) is 95.8 cm³/mol. The number of carbonyl (C=O) groups excluding carboxylic acids is 3. The number of carbonyl (C=O) groups is 3. The first kappa shape index (κ1) is 20.9. The molecule has 10 heteroatoms. The number of alkyl halides is 3. The summed E-state index contributed by atoms with van der Waals surface area (Å²) in [6.07, 6.45) is -3.35. The van der Waals surface area contributed by atoms with Gasteiger partial charge in [0.2, 0.25) is 5.78 Å². The summed E-state index contributed by atoms with van der Waals surface area (Å²) < 4.78 is 56.7. The standard InChI is InChI=1S/C21H15F3O7/c1-2-30-19(27)15-13(10-7-8-29-9-10)14-16(25)11-5-3-4-6-12(11)17(26)18(14)31-20(15,28)21(22,23)24/h3-9,13,15,28H,2H2,1H3/t13-,15-,20+/m0/s1. The lowest BCUT2D eigenvalue weighted by Gasteiger charge is -2.45. The van der Waals surface area contributed by atoms with Crippen molar-refractivity contribution in [3.8, 4) is 0 Å². The lowest BCUT2D eigenvalue weighted by Crippen LogP contribution is -2.61. The number of ether oxygens (including phenoxy) is 2. The molecular weight excluding hydrogens is 421 g/mol. The molecule has 2 aliphatic rings. The average molecular weight is 436 g/mol. The van der Waals surface area contributed by atoms with Crippen LogP contribution in [0.25, 0.3) is 0 Å². The highest BCUT2D eigenvalue weighted by Gasteiger charge is 2.70. The van der Waals surface area contributed by atoms with Crippen molar-refractivity contribution in [1.29, 1.82) is 0 Å². The third kappa shape index (κ3) is 2.97. The van der Waals surface area contributed by atoms with Crippen LogP contribution in [0, 0.1) is 5.92 Å². The first-order valence-electron chi connectivity index (χ1n) is 9.21. The van der Waals surface area contributed by atoms with Gasteiger partial charge in [-0.3, -0.25) is 14.4 Å². The summed E-state index contributed by atoms with van der Waals surface area (Å²) in [5, 5.41) is 10.6. The number of fused-ring (bicyclic) bond motifs is 1. The van der Waals surface area contributed by atoms with Crippen molar-refractivity contribution >= 4 is 17.5 Å². The maximum atomic E-state index is 14.0. The Bertz CT molecular complexity index is 1100. The summed E-state index contributed by atoms with van der Waals surface area (Å²) in [4.78, 5) is 38.9. The van der Waals surface area contributed by atoms with Gasteiger partial charge in [0.15, 0.2) is 11.5 Å². The summed E-state index contributed by atoms with van der Waals surface area (Å²) in [5.41, 5.74) is -0.728. The molecule has 2 aromatic rings. The van der Waals surface area contributed by atoms with Crippen molar-refractivity contribution in [2.75, 3.05) is 6.61 Å². The molecule has 7 nitrogen and oxygen atoms in total. The lowest BCUT2D eigenvalue weighted by molar-refractivity contribution is -0.375. The first-order chi connectivity index (χ1) is 14.6. The Hall–Kier alpha value is -3.40.